The van der Waals surface area contributed by atoms with Crippen LogP contribution in [0.5, 0.6) is 0 Å². The minimum atomic E-state index is -3.54. The lowest BCUT2D eigenvalue weighted by Crippen LogP contribution is -2.61. The van der Waals surface area contributed by atoms with Crippen molar-refractivity contribution in [1.29, 1.82) is 0 Å². The molecule has 0 bridgehead atoms. The third-order valence-electron chi connectivity index (χ3n) is 4.68. The number of amides is 2. The summed E-state index contributed by atoms with van der Waals surface area (Å²) in [5, 5.41) is 6.56. The topological polar surface area (TPSA) is 137 Å². The van der Waals surface area contributed by atoms with Crippen molar-refractivity contribution in [2.75, 3.05) is 25.9 Å². The van der Waals surface area contributed by atoms with Crippen molar-refractivity contribution in [3.8, 4) is 0 Å². The van der Waals surface area contributed by atoms with Crippen LogP contribution < -0.4 is 16.4 Å². The van der Waals surface area contributed by atoms with Crippen LogP contribution in [0.4, 0.5) is 0 Å². The molecular formula is C17H23N5O4S. The maximum Gasteiger partial charge on any atom is 0.240 e. The van der Waals surface area contributed by atoms with Gasteiger partial charge in [0.15, 0.2) is 0 Å². The quantitative estimate of drug-likeness (QED) is 0.494. The molecule has 1 aliphatic rings. The Kier molecular flexibility index (Phi) is 5.49. The number of piperazine rings is 1. The number of carbonyl (C=O) groups is 2. The Bertz CT molecular complexity index is 955. The van der Waals surface area contributed by atoms with Crippen molar-refractivity contribution < 1.29 is 18.0 Å². The number of para-hydroxylation sites is 1. The minimum Gasteiger partial charge on any atom is -0.368 e. The molecule has 2 unspecified atom stereocenters. The number of benzene rings is 1. The van der Waals surface area contributed by atoms with E-state index in [4.69, 9.17) is 5.73 Å². The van der Waals surface area contributed by atoms with Crippen molar-refractivity contribution in [3.05, 3.63) is 36.0 Å². The van der Waals surface area contributed by atoms with E-state index in [9.17, 15) is 18.0 Å². The molecule has 0 aliphatic carbocycles. The van der Waals surface area contributed by atoms with Gasteiger partial charge in [0, 0.05) is 43.2 Å². The van der Waals surface area contributed by atoms with Gasteiger partial charge in [-0.25, -0.2) is 8.42 Å². The lowest BCUT2D eigenvalue weighted by molar-refractivity contribution is -0.130. The van der Waals surface area contributed by atoms with Gasteiger partial charge in [0.1, 0.15) is 12.1 Å². The summed E-state index contributed by atoms with van der Waals surface area (Å²) in [6, 6.07) is 5.74. The Labute approximate surface area is 157 Å². The van der Waals surface area contributed by atoms with Gasteiger partial charge in [-0.05, 0) is 11.6 Å². The highest BCUT2D eigenvalue weighted by Crippen LogP contribution is 2.19. The largest absolute Gasteiger partial charge is 0.368 e. The van der Waals surface area contributed by atoms with Gasteiger partial charge >= 0.3 is 0 Å². The van der Waals surface area contributed by atoms with E-state index in [0.29, 0.717) is 6.54 Å². The van der Waals surface area contributed by atoms with Crippen LogP contribution in [0.25, 0.3) is 10.9 Å². The zero-order chi connectivity index (χ0) is 19.6. The number of nitrogens with one attached hydrogen (secondary N) is 3. The van der Waals surface area contributed by atoms with Gasteiger partial charge in [0.2, 0.25) is 21.8 Å². The van der Waals surface area contributed by atoms with E-state index in [0.717, 1.165) is 27.0 Å². The second-order valence-corrected chi connectivity index (χ2v) is 8.56. The molecule has 1 aromatic heterocycles. The molecule has 1 aliphatic heterocycles. The second-order valence-electron chi connectivity index (χ2n) is 6.62. The molecule has 27 heavy (non-hydrogen) atoms. The van der Waals surface area contributed by atoms with Crippen molar-refractivity contribution in [1.82, 2.24) is 19.9 Å². The number of sulfonamides is 1. The summed E-state index contributed by atoms with van der Waals surface area (Å²) in [5.41, 5.74) is 7.25. The van der Waals surface area contributed by atoms with Crippen LogP contribution in [-0.2, 0) is 26.0 Å². The minimum absolute atomic E-state index is 0.178. The first-order chi connectivity index (χ1) is 12.8. The predicted molar refractivity (Wildman–Crippen MR) is 101 cm³/mol. The zero-order valence-corrected chi connectivity index (χ0v) is 15.8. The normalized spacial score (nSPS) is 19.7. The summed E-state index contributed by atoms with van der Waals surface area (Å²) in [7, 11) is -3.54. The predicted octanol–water partition coefficient (Wildman–Crippen LogP) is -1.09. The maximum atomic E-state index is 12.7. The summed E-state index contributed by atoms with van der Waals surface area (Å²) in [6.07, 6.45) is 3.05. The van der Waals surface area contributed by atoms with E-state index >= 15 is 0 Å². The van der Waals surface area contributed by atoms with Gasteiger partial charge in [-0.15, -0.1) is 0 Å². The first-order valence-corrected chi connectivity index (χ1v) is 10.4. The Morgan fingerprint density at radius 3 is 2.81 bits per heavy atom. The van der Waals surface area contributed by atoms with Crippen LogP contribution in [-0.4, -0.2) is 67.5 Å². The number of nitrogens with zero attached hydrogens (tertiary/aromatic N) is 1. The van der Waals surface area contributed by atoms with Crippen LogP contribution in [0.1, 0.15) is 5.56 Å². The number of fused-ring (bicyclic) bond motifs is 1. The van der Waals surface area contributed by atoms with E-state index in [1.165, 1.54) is 0 Å². The highest BCUT2D eigenvalue weighted by molar-refractivity contribution is 7.88. The van der Waals surface area contributed by atoms with Crippen molar-refractivity contribution in [2.24, 2.45) is 5.73 Å². The molecule has 1 saturated heterocycles. The van der Waals surface area contributed by atoms with Crippen LogP contribution in [0.15, 0.2) is 30.5 Å². The van der Waals surface area contributed by atoms with Gasteiger partial charge in [0.25, 0.3) is 0 Å². The number of nitrogens with two attached hydrogens (primary N) is 1. The molecular weight excluding hydrogens is 370 g/mol. The van der Waals surface area contributed by atoms with Crippen LogP contribution in [0.3, 0.4) is 0 Å². The Hall–Kier alpha value is -2.43. The molecule has 2 heterocycles. The first kappa shape index (κ1) is 19.3. The van der Waals surface area contributed by atoms with E-state index in [1.807, 2.05) is 24.3 Å². The molecule has 0 radical (unpaired) electrons. The highest BCUT2D eigenvalue weighted by atomic mass is 32.2. The van der Waals surface area contributed by atoms with Gasteiger partial charge in [-0.1, -0.05) is 18.2 Å². The molecule has 2 atom stereocenters. The fraction of sp³-hybridized carbons (Fsp3) is 0.412. The fourth-order valence-electron chi connectivity index (χ4n) is 3.32. The molecule has 5 N–H and O–H groups in total. The van der Waals surface area contributed by atoms with Crippen LogP contribution in [0, 0.1) is 0 Å². The third-order valence-corrected chi connectivity index (χ3v) is 5.97. The molecule has 9 nitrogen and oxygen atoms in total. The fourth-order valence-corrected chi connectivity index (χ4v) is 4.37. The molecule has 1 aromatic carbocycles. The maximum absolute atomic E-state index is 12.7. The molecule has 3 rings (SSSR count). The summed E-state index contributed by atoms with van der Waals surface area (Å²) in [6.45, 7) is 0.837. The summed E-state index contributed by atoms with van der Waals surface area (Å²) in [4.78, 5) is 27.7. The summed E-state index contributed by atoms with van der Waals surface area (Å²) < 4.78 is 25.0. The molecule has 0 spiro atoms. The molecule has 1 fully saturated rings. The van der Waals surface area contributed by atoms with E-state index < -0.39 is 33.9 Å². The number of hydrogen-bond donors (Lipinski definition) is 4. The molecule has 0 saturated carbocycles. The van der Waals surface area contributed by atoms with E-state index in [-0.39, 0.29) is 19.5 Å². The highest BCUT2D eigenvalue weighted by Gasteiger charge is 2.36. The number of carbonyl (C=O) groups excluding carboxylic acids is 2. The molecule has 2 amide bonds. The average Bonchev–Trinajstić information content (AvgIpc) is 3.03. The third kappa shape index (κ3) is 4.29. The summed E-state index contributed by atoms with van der Waals surface area (Å²) in [5.74, 6) is -1.22. The van der Waals surface area contributed by atoms with Gasteiger partial charge < -0.3 is 21.4 Å². The lowest BCUT2D eigenvalue weighted by atomic mass is 10.0. The Morgan fingerprint density at radius 1 is 1.37 bits per heavy atom. The number of hydrogen-bond acceptors (Lipinski definition) is 5. The summed E-state index contributed by atoms with van der Waals surface area (Å²) >= 11 is 0. The van der Waals surface area contributed by atoms with Gasteiger partial charge in [0.05, 0.1) is 6.26 Å². The standard InChI is InChI=1S/C17H23N5O4S/c1-27(25,26)22-7-6-19-10-15(22)17(24)21-14(16(18)23)8-11-9-20-13-5-3-2-4-12(11)13/h2-5,9,14-15,19-20H,6-8,10H2,1H3,(H2,18,23)(H,21,24). The van der Waals surface area contributed by atoms with Gasteiger partial charge in [-0.2, -0.15) is 4.31 Å². The molecule has 146 valence electrons. The molecule has 2 aromatic rings. The zero-order valence-electron chi connectivity index (χ0n) is 14.9. The second kappa shape index (κ2) is 7.67. The molecule has 10 heteroatoms. The first-order valence-electron chi connectivity index (χ1n) is 8.59. The Morgan fingerprint density at radius 2 is 2.11 bits per heavy atom. The lowest BCUT2D eigenvalue weighted by Gasteiger charge is -2.33. The number of aromatic nitrogens is 1. The number of primary amides is 1. The number of aromatic amines is 1. The van der Waals surface area contributed by atoms with Crippen molar-refractivity contribution in [2.45, 2.75) is 18.5 Å². The van der Waals surface area contributed by atoms with E-state index in [2.05, 4.69) is 15.6 Å². The van der Waals surface area contributed by atoms with E-state index in [1.54, 1.807) is 6.20 Å². The van der Waals surface area contributed by atoms with Crippen LogP contribution >= 0.6 is 0 Å². The van der Waals surface area contributed by atoms with Crippen LogP contribution in [0.2, 0.25) is 0 Å². The average molecular weight is 393 g/mol. The SMILES string of the molecule is CS(=O)(=O)N1CCNCC1C(=O)NC(Cc1c[nH]c2ccccc12)C(N)=O. The monoisotopic (exact) mass is 393 g/mol. The number of rotatable bonds is 6. The van der Waals surface area contributed by atoms with Crippen molar-refractivity contribution in [3.63, 3.8) is 0 Å². The van der Waals surface area contributed by atoms with Gasteiger partial charge in [-0.3, -0.25) is 9.59 Å². The Balaban J connectivity index is 1.77. The number of H-pyrrole nitrogens is 1. The van der Waals surface area contributed by atoms with Crippen molar-refractivity contribution >= 4 is 32.7 Å². The smallest absolute Gasteiger partial charge is 0.240 e.